The molecule has 0 aliphatic rings. The number of carbonyl (C=O) groups excluding carboxylic acids is 3. The number of nitrogens with one attached hydrogen (secondary N) is 3. The zero-order valence-corrected chi connectivity index (χ0v) is 22.1. The lowest BCUT2D eigenvalue weighted by molar-refractivity contribution is -0.142. The van der Waals surface area contributed by atoms with Gasteiger partial charge in [0, 0.05) is 6.42 Å². The van der Waals surface area contributed by atoms with Crippen molar-refractivity contribution in [1.29, 1.82) is 0 Å². The first-order chi connectivity index (χ1) is 16.5. The highest BCUT2D eigenvalue weighted by Gasteiger charge is 2.32. The summed E-state index contributed by atoms with van der Waals surface area (Å²) < 4.78 is 0. The van der Waals surface area contributed by atoms with Crippen molar-refractivity contribution in [3.8, 4) is 0 Å². The van der Waals surface area contributed by atoms with Crippen molar-refractivity contribution in [3.63, 3.8) is 0 Å². The van der Waals surface area contributed by atoms with Gasteiger partial charge in [0.2, 0.25) is 17.7 Å². The number of thioether (sulfide) groups is 1. The minimum atomic E-state index is -1.17. The van der Waals surface area contributed by atoms with Gasteiger partial charge < -0.3 is 26.8 Å². The van der Waals surface area contributed by atoms with E-state index in [1.54, 1.807) is 38.1 Å². The van der Waals surface area contributed by atoms with Crippen molar-refractivity contribution in [2.45, 2.75) is 71.1 Å². The summed E-state index contributed by atoms with van der Waals surface area (Å²) in [6.45, 7) is 7.32. The molecule has 0 spiro atoms. The molecule has 5 unspecified atom stereocenters. The van der Waals surface area contributed by atoms with Crippen LogP contribution in [-0.4, -0.2) is 65.0 Å². The molecule has 35 heavy (non-hydrogen) atoms. The van der Waals surface area contributed by atoms with Crippen molar-refractivity contribution in [1.82, 2.24) is 16.0 Å². The standard InChI is InChI=1S/C25H40N4O5S/c1-6-16(4)20(26)23(31)27-18(12-13-35-5)22(30)29-21(15(2)3)24(32)28-19(25(33)34)14-17-10-8-7-9-11-17/h7-11,15-16,18-21H,6,12-14,26H2,1-5H3,(H,27,31)(H,28,32)(H,29,30)(H,33,34). The number of amides is 3. The summed E-state index contributed by atoms with van der Waals surface area (Å²) in [4.78, 5) is 50.5. The third-order valence-electron chi connectivity index (χ3n) is 5.95. The van der Waals surface area contributed by atoms with Gasteiger partial charge in [-0.15, -0.1) is 0 Å². The fraction of sp³-hybridized carbons (Fsp3) is 0.600. The summed E-state index contributed by atoms with van der Waals surface area (Å²) >= 11 is 1.53. The third-order valence-corrected chi connectivity index (χ3v) is 6.59. The summed E-state index contributed by atoms with van der Waals surface area (Å²) in [5.74, 6) is -2.43. The molecule has 0 aromatic heterocycles. The molecule has 1 aromatic carbocycles. The zero-order valence-electron chi connectivity index (χ0n) is 21.2. The molecule has 1 rings (SSSR count). The second-order valence-corrected chi connectivity index (χ2v) is 10.1. The van der Waals surface area contributed by atoms with Crippen molar-refractivity contribution >= 4 is 35.5 Å². The molecule has 1 aromatic rings. The van der Waals surface area contributed by atoms with Crippen LogP contribution in [0.3, 0.4) is 0 Å². The van der Waals surface area contributed by atoms with Crippen LogP contribution >= 0.6 is 11.8 Å². The highest BCUT2D eigenvalue weighted by Crippen LogP contribution is 2.10. The van der Waals surface area contributed by atoms with E-state index in [9.17, 15) is 24.3 Å². The molecule has 6 N–H and O–H groups in total. The Morgan fingerprint density at radius 1 is 0.943 bits per heavy atom. The summed E-state index contributed by atoms with van der Waals surface area (Å²) in [6, 6.07) is 5.25. The number of nitrogens with two attached hydrogens (primary N) is 1. The Bertz CT molecular complexity index is 836. The predicted molar refractivity (Wildman–Crippen MR) is 139 cm³/mol. The van der Waals surface area contributed by atoms with E-state index in [4.69, 9.17) is 5.73 Å². The van der Waals surface area contributed by atoms with E-state index in [1.807, 2.05) is 26.2 Å². The van der Waals surface area contributed by atoms with E-state index in [0.29, 0.717) is 12.2 Å². The van der Waals surface area contributed by atoms with Gasteiger partial charge in [-0.3, -0.25) is 14.4 Å². The minimum absolute atomic E-state index is 0.0500. The van der Waals surface area contributed by atoms with Crippen LogP contribution in [0.15, 0.2) is 30.3 Å². The fourth-order valence-electron chi connectivity index (χ4n) is 3.38. The lowest BCUT2D eigenvalue weighted by atomic mass is 9.98. The van der Waals surface area contributed by atoms with Gasteiger partial charge in [-0.05, 0) is 35.8 Å². The summed E-state index contributed by atoms with van der Waals surface area (Å²) in [6.07, 6.45) is 3.09. The van der Waals surface area contributed by atoms with Crippen molar-refractivity contribution in [2.75, 3.05) is 12.0 Å². The van der Waals surface area contributed by atoms with Crippen molar-refractivity contribution in [2.24, 2.45) is 17.6 Å². The maximum Gasteiger partial charge on any atom is 0.326 e. The lowest BCUT2D eigenvalue weighted by Gasteiger charge is -2.27. The monoisotopic (exact) mass is 508 g/mol. The maximum atomic E-state index is 13.1. The van der Waals surface area contributed by atoms with Crippen LogP contribution in [0.5, 0.6) is 0 Å². The molecular formula is C25H40N4O5S. The summed E-state index contributed by atoms with van der Waals surface area (Å²) in [7, 11) is 0. The van der Waals surface area contributed by atoms with Gasteiger partial charge >= 0.3 is 5.97 Å². The van der Waals surface area contributed by atoms with E-state index in [1.165, 1.54) is 11.8 Å². The molecule has 0 saturated carbocycles. The maximum absolute atomic E-state index is 13.1. The van der Waals surface area contributed by atoms with Crippen LogP contribution < -0.4 is 21.7 Å². The van der Waals surface area contributed by atoms with Gasteiger partial charge in [0.15, 0.2) is 0 Å². The highest BCUT2D eigenvalue weighted by atomic mass is 32.2. The molecular weight excluding hydrogens is 468 g/mol. The SMILES string of the molecule is CCC(C)C(N)C(=O)NC(CCSC)C(=O)NC(C(=O)NC(Cc1ccccc1)C(=O)O)C(C)C. The molecule has 0 bridgehead atoms. The number of carbonyl (C=O) groups is 4. The average Bonchev–Trinajstić information content (AvgIpc) is 2.83. The first kappa shape index (κ1) is 30.4. The molecule has 0 heterocycles. The minimum Gasteiger partial charge on any atom is -0.480 e. The Morgan fingerprint density at radius 2 is 1.54 bits per heavy atom. The fourth-order valence-corrected chi connectivity index (χ4v) is 3.86. The molecule has 0 saturated heterocycles. The van der Waals surface area contributed by atoms with E-state index in [0.717, 1.165) is 12.0 Å². The van der Waals surface area contributed by atoms with Gasteiger partial charge in [-0.25, -0.2) is 4.79 Å². The molecule has 9 nitrogen and oxygen atoms in total. The Balaban J connectivity index is 2.95. The van der Waals surface area contributed by atoms with E-state index < -0.39 is 47.9 Å². The second kappa shape index (κ2) is 15.4. The molecule has 10 heteroatoms. The Morgan fingerprint density at radius 3 is 2.06 bits per heavy atom. The normalized spacial score (nSPS) is 15.4. The third kappa shape index (κ3) is 10.3. The van der Waals surface area contributed by atoms with E-state index in [-0.39, 0.29) is 18.3 Å². The Kier molecular flexibility index (Phi) is 13.4. The zero-order chi connectivity index (χ0) is 26.5. The van der Waals surface area contributed by atoms with Gasteiger partial charge in [0.25, 0.3) is 0 Å². The van der Waals surface area contributed by atoms with Gasteiger partial charge in [-0.1, -0.05) is 64.4 Å². The van der Waals surface area contributed by atoms with Crippen LogP contribution in [0.2, 0.25) is 0 Å². The Labute approximate surface area is 212 Å². The average molecular weight is 509 g/mol. The topological polar surface area (TPSA) is 151 Å². The summed E-state index contributed by atoms with van der Waals surface area (Å²) in [5.41, 5.74) is 6.79. The predicted octanol–water partition coefficient (Wildman–Crippen LogP) is 1.55. The quantitative estimate of drug-likeness (QED) is 0.241. The Hall–Kier alpha value is -2.59. The van der Waals surface area contributed by atoms with Gasteiger partial charge in [-0.2, -0.15) is 11.8 Å². The molecule has 3 amide bonds. The summed E-state index contributed by atoms with van der Waals surface area (Å²) in [5, 5.41) is 17.6. The second-order valence-electron chi connectivity index (χ2n) is 9.07. The van der Waals surface area contributed by atoms with Crippen LogP contribution in [-0.2, 0) is 25.6 Å². The number of carboxylic acids is 1. The smallest absolute Gasteiger partial charge is 0.326 e. The van der Waals surface area contributed by atoms with Crippen LogP contribution in [0.4, 0.5) is 0 Å². The number of hydrogen-bond acceptors (Lipinski definition) is 6. The van der Waals surface area contributed by atoms with E-state index in [2.05, 4.69) is 16.0 Å². The molecule has 5 atom stereocenters. The van der Waals surface area contributed by atoms with Crippen molar-refractivity contribution < 1.29 is 24.3 Å². The molecule has 196 valence electrons. The first-order valence-electron chi connectivity index (χ1n) is 11.9. The van der Waals surface area contributed by atoms with Crippen LogP contribution in [0.25, 0.3) is 0 Å². The number of carboxylic acid groups (broad SMARTS) is 1. The number of aliphatic carboxylic acids is 1. The molecule has 0 radical (unpaired) electrons. The number of rotatable bonds is 15. The van der Waals surface area contributed by atoms with Crippen LogP contribution in [0.1, 0.15) is 46.1 Å². The molecule has 0 fully saturated rings. The highest BCUT2D eigenvalue weighted by molar-refractivity contribution is 7.98. The number of benzene rings is 1. The van der Waals surface area contributed by atoms with Crippen molar-refractivity contribution in [3.05, 3.63) is 35.9 Å². The van der Waals surface area contributed by atoms with E-state index >= 15 is 0 Å². The van der Waals surface area contributed by atoms with Gasteiger partial charge in [0.1, 0.15) is 18.1 Å². The number of hydrogen-bond donors (Lipinski definition) is 5. The van der Waals surface area contributed by atoms with Gasteiger partial charge in [0.05, 0.1) is 6.04 Å². The molecule has 0 aliphatic carbocycles. The largest absolute Gasteiger partial charge is 0.480 e. The molecule has 0 aliphatic heterocycles. The first-order valence-corrected chi connectivity index (χ1v) is 13.3. The lowest BCUT2D eigenvalue weighted by Crippen LogP contribution is -2.59. The van der Waals surface area contributed by atoms with Crippen LogP contribution in [0, 0.1) is 11.8 Å².